The number of hydrogen-bond donors (Lipinski definition) is 1. The Hall–Kier alpha value is -9.79. The van der Waals surface area contributed by atoms with Crippen LogP contribution in [0, 0.1) is 6.92 Å². The number of rotatable bonds is 6. The SMILES string of the molecule is CC(C)(C)c1ccc2c(c1)c1cc(C(C)(C)C)ccc1n2-c1ccc2[nH]c3ccc(-n4c5ccc(C(C)(C)C)cc5c5cc(C(C)(C)C)ccc54)cc3c2c1.Cc1ccc(S(=O)(=O)n2c3ccc(-n4c5ccc(C(C)(C)C)cc5c5cc(C(C)(C)C)ccc54)cc3c3cc(-n4c5ccc(C(C)(C)C)cc5c5cc(C(C)(C)C)ccc54)ccc32)cc1.[K+].[OH-]. The van der Waals surface area contributed by atoms with Gasteiger partial charge in [0.15, 0.2) is 0 Å². The van der Waals surface area contributed by atoms with E-state index in [1.165, 1.54) is 132 Å². The summed E-state index contributed by atoms with van der Waals surface area (Å²) in [5, 5.41) is 14.3. The van der Waals surface area contributed by atoms with E-state index in [0.717, 1.165) is 60.8 Å². The van der Waals surface area contributed by atoms with Crippen LogP contribution in [0.2, 0.25) is 0 Å². The van der Waals surface area contributed by atoms with Crippen molar-refractivity contribution in [3.8, 4) is 22.7 Å². The summed E-state index contributed by atoms with van der Waals surface area (Å²) in [7, 11) is -4.01. The maximum atomic E-state index is 15.0. The quantitative estimate of drug-likeness (QED) is 0.168. The molecule has 0 amide bonds. The topological polar surface area (TPSA) is 105 Å². The standard InChI is InChI=1S/C59H61N3O2S.C52H55N3.K.H2O/c1-36-14-22-43(23-15-36)65(63,64)62-54-28-20-41(60-50-24-16-37(56(2,3)4)30-44(50)45-31-38(57(5,6)7)17-25-51(45)60)34-48(54)49-35-42(21-29-55(49)62)61-52-26-18-39(58(8,9)10)32-46(52)47-33-40(59(11,12)13)19-27-53(47)61;1-49(2,3)31-13-21-45-39(25-31)40-26-32(50(4,5)6)14-22-46(40)54(45)35-17-19-43-37(29-35)38-30-36(18-20-44(38)53-43)55-47-23-15-33(51(7,8)9)27-41(47)42-28-34(52(10,11)12)16-24-48(42)55;;/h14-35H,1-13H3;13-30,53H,1-12H3;;1H2/q;;+1;/p-1. The van der Waals surface area contributed by atoms with Crippen LogP contribution in [0.3, 0.4) is 0 Å². The van der Waals surface area contributed by atoms with Crippen molar-refractivity contribution in [2.45, 2.75) is 221 Å². The summed E-state index contributed by atoms with van der Waals surface area (Å²) in [6, 6.07) is 89.5. The third kappa shape index (κ3) is 14.6. The predicted octanol–water partition coefficient (Wildman–Crippen LogP) is 27.3. The van der Waals surface area contributed by atoms with E-state index in [2.05, 4.69) is 396 Å². The third-order valence-electron chi connectivity index (χ3n) is 25.8. The average Bonchev–Trinajstić information content (AvgIpc) is 1.48. The molecule has 0 spiro atoms. The van der Waals surface area contributed by atoms with Crippen LogP contribution in [0.5, 0.6) is 0 Å². The van der Waals surface area contributed by atoms with E-state index < -0.39 is 10.0 Å². The molecule has 122 heavy (non-hydrogen) atoms. The van der Waals surface area contributed by atoms with Gasteiger partial charge in [-0.2, -0.15) is 0 Å². The van der Waals surface area contributed by atoms with Gasteiger partial charge in [0.25, 0.3) is 10.0 Å². The molecule has 0 bridgehead atoms. The number of nitrogens with zero attached hydrogens (tertiary/aromatic N) is 5. The van der Waals surface area contributed by atoms with Crippen LogP contribution in [0.4, 0.5) is 0 Å². The number of benzene rings is 13. The Morgan fingerprint density at radius 1 is 0.221 bits per heavy atom. The van der Waals surface area contributed by atoms with Crippen LogP contribution >= 0.6 is 0 Å². The first kappa shape index (κ1) is 85.8. The summed E-state index contributed by atoms with van der Waals surface area (Å²) in [5.74, 6) is 0. The van der Waals surface area contributed by atoms with Crippen molar-refractivity contribution in [1.29, 1.82) is 0 Å². The van der Waals surface area contributed by atoms with E-state index in [-0.39, 0.29) is 105 Å². The van der Waals surface area contributed by atoms with Gasteiger partial charge in [0.05, 0.1) is 60.1 Å². The molecule has 0 aliphatic heterocycles. The molecule has 13 aromatic carbocycles. The second-order valence-corrected chi connectivity index (χ2v) is 44.6. The normalized spacial score (nSPS) is 13.2. The minimum absolute atomic E-state index is 0. The molecule has 0 aliphatic rings. The summed E-state index contributed by atoms with van der Waals surface area (Å²) in [4.78, 5) is 4.01. The summed E-state index contributed by atoms with van der Waals surface area (Å²) in [6.07, 6.45) is 0. The molecule has 6 heterocycles. The Kier molecular flexibility index (Phi) is 20.7. The Morgan fingerprint density at radius 3 is 0.607 bits per heavy atom. The first-order valence-corrected chi connectivity index (χ1v) is 44.5. The molecule has 11 heteroatoms. The van der Waals surface area contributed by atoms with Gasteiger partial charge in [-0.1, -0.05) is 232 Å². The first-order valence-electron chi connectivity index (χ1n) is 43.0. The monoisotopic (exact) mass is 1650 g/mol. The second kappa shape index (κ2) is 29.4. The van der Waals surface area contributed by atoms with Crippen LogP contribution in [-0.4, -0.2) is 41.1 Å². The largest absolute Gasteiger partial charge is 1.00 e. The van der Waals surface area contributed by atoms with E-state index in [4.69, 9.17) is 0 Å². The number of H-pyrrole nitrogens is 1. The van der Waals surface area contributed by atoms with Crippen LogP contribution < -0.4 is 51.4 Å². The van der Waals surface area contributed by atoms with Gasteiger partial charge >= 0.3 is 51.4 Å². The molecular weight excluding hydrogens is 1540 g/mol. The fourth-order valence-electron chi connectivity index (χ4n) is 18.4. The van der Waals surface area contributed by atoms with Crippen LogP contribution in [0.15, 0.2) is 248 Å². The van der Waals surface area contributed by atoms with Gasteiger partial charge in [0.1, 0.15) is 0 Å². The van der Waals surface area contributed by atoms with Crippen molar-refractivity contribution in [3.05, 3.63) is 293 Å². The van der Waals surface area contributed by atoms with Gasteiger partial charge in [0.2, 0.25) is 0 Å². The van der Waals surface area contributed by atoms with E-state index in [0.29, 0.717) is 11.0 Å². The van der Waals surface area contributed by atoms with Gasteiger partial charge in [-0.15, -0.1) is 0 Å². The Balaban J connectivity index is 0.000000180. The maximum Gasteiger partial charge on any atom is 1.00 e. The zero-order valence-corrected chi connectivity index (χ0v) is 80.4. The van der Waals surface area contributed by atoms with Crippen molar-refractivity contribution in [3.63, 3.8) is 0 Å². The smallest absolute Gasteiger partial charge is 0.870 e. The maximum absolute atomic E-state index is 15.0. The molecule has 0 unspecified atom stereocenters. The van der Waals surface area contributed by atoms with Crippen molar-refractivity contribution < 1.29 is 65.3 Å². The number of nitrogens with one attached hydrogen (secondary N) is 1. The molecule has 6 aromatic heterocycles. The average molecular weight is 1650 g/mol. The van der Waals surface area contributed by atoms with Crippen LogP contribution in [-0.2, 0) is 53.3 Å². The summed E-state index contributed by atoms with van der Waals surface area (Å²) < 4.78 is 41.1. The van der Waals surface area contributed by atoms with E-state index in [1.807, 2.05) is 31.2 Å². The fourth-order valence-corrected chi connectivity index (χ4v) is 19.9. The Bertz CT molecular complexity index is 6920. The molecule has 0 atom stereocenters. The molecule has 19 rings (SSSR count). The molecule has 0 radical (unpaired) electrons. The molecule has 19 aromatic rings. The minimum atomic E-state index is -4.01. The molecule has 0 saturated heterocycles. The van der Waals surface area contributed by atoms with Crippen LogP contribution in [0.25, 0.3) is 154 Å². The van der Waals surface area contributed by atoms with Crippen molar-refractivity contribution >= 4 is 141 Å². The van der Waals surface area contributed by atoms with Crippen molar-refractivity contribution in [2.24, 2.45) is 0 Å². The Morgan fingerprint density at radius 2 is 0.402 bits per heavy atom. The summed E-state index contributed by atoms with van der Waals surface area (Å²) >= 11 is 0. The van der Waals surface area contributed by atoms with Crippen LogP contribution in [0.1, 0.15) is 216 Å². The molecular formula is C111H117KN6O3S. The zero-order valence-electron chi connectivity index (χ0n) is 76.5. The summed E-state index contributed by atoms with van der Waals surface area (Å²) in [6.45, 7) is 56.8. The van der Waals surface area contributed by atoms with Gasteiger partial charge in [-0.05, 0) is 277 Å². The minimum Gasteiger partial charge on any atom is -0.870 e. The van der Waals surface area contributed by atoms with Crippen molar-refractivity contribution in [2.75, 3.05) is 0 Å². The summed E-state index contributed by atoms with van der Waals surface area (Å²) in [5.41, 5.74) is 29.0. The number of aryl methyl sites for hydroxylation is 1. The zero-order chi connectivity index (χ0) is 85.3. The third-order valence-corrected chi connectivity index (χ3v) is 27.6. The second-order valence-electron chi connectivity index (χ2n) is 42.8. The van der Waals surface area contributed by atoms with E-state index >= 15 is 0 Å². The van der Waals surface area contributed by atoms with Gasteiger partial charge < -0.3 is 28.7 Å². The van der Waals surface area contributed by atoms with Gasteiger partial charge in [-0.25, -0.2) is 12.4 Å². The van der Waals surface area contributed by atoms with Gasteiger partial charge in [-0.3, -0.25) is 0 Å². The molecule has 2 N–H and O–H groups in total. The van der Waals surface area contributed by atoms with Crippen molar-refractivity contribution in [1.82, 2.24) is 27.2 Å². The molecule has 0 fully saturated rings. The molecule has 0 saturated carbocycles. The predicted molar refractivity (Wildman–Crippen MR) is 518 cm³/mol. The van der Waals surface area contributed by atoms with E-state index in [1.54, 1.807) is 16.1 Å². The number of aromatic nitrogens is 6. The molecule has 9 nitrogen and oxygen atoms in total. The first-order chi connectivity index (χ1) is 56.2. The number of fused-ring (bicyclic) bond motifs is 18. The van der Waals surface area contributed by atoms with E-state index in [9.17, 15) is 8.42 Å². The Labute approximate surface area is 762 Å². The number of aromatic amines is 1. The number of hydrogen-bond acceptors (Lipinski definition) is 3. The molecule has 0 aliphatic carbocycles. The molecule has 616 valence electrons. The fraction of sp³-hybridized carbons (Fsp3) is 0.297. The van der Waals surface area contributed by atoms with Gasteiger partial charge in [0, 0.05) is 98.4 Å².